The summed E-state index contributed by atoms with van der Waals surface area (Å²) in [5.41, 5.74) is 5.30. The Morgan fingerprint density at radius 2 is 2.25 bits per heavy atom. The Morgan fingerprint density at radius 1 is 1.58 bits per heavy atom. The van der Waals surface area contributed by atoms with E-state index in [2.05, 4.69) is 5.32 Å². The first-order valence-electron chi connectivity index (χ1n) is 4.26. The SMILES string of the molecule is CC(CCl)C(=O)NCCCCN. The molecule has 0 aromatic rings. The van der Waals surface area contributed by atoms with Crippen LogP contribution in [0.5, 0.6) is 0 Å². The van der Waals surface area contributed by atoms with Crippen molar-refractivity contribution in [1.82, 2.24) is 5.32 Å². The summed E-state index contributed by atoms with van der Waals surface area (Å²) in [6.07, 6.45) is 1.90. The molecule has 0 saturated heterocycles. The molecule has 3 nitrogen and oxygen atoms in total. The Bertz CT molecular complexity index is 130. The third-order valence-corrected chi connectivity index (χ3v) is 2.07. The van der Waals surface area contributed by atoms with Crippen molar-refractivity contribution in [2.24, 2.45) is 11.7 Å². The monoisotopic (exact) mass is 192 g/mol. The summed E-state index contributed by atoms with van der Waals surface area (Å²) < 4.78 is 0. The molecular weight excluding hydrogens is 176 g/mol. The number of nitrogens with two attached hydrogens (primary N) is 1. The van der Waals surface area contributed by atoms with Crippen molar-refractivity contribution in [2.75, 3.05) is 19.0 Å². The second-order valence-corrected chi connectivity index (χ2v) is 3.15. The molecular formula is C8H17ClN2O. The fraction of sp³-hybridized carbons (Fsp3) is 0.875. The lowest BCUT2D eigenvalue weighted by Gasteiger charge is -2.08. The molecule has 0 heterocycles. The van der Waals surface area contributed by atoms with Crippen molar-refractivity contribution in [3.63, 3.8) is 0 Å². The Hall–Kier alpha value is -0.280. The van der Waals surface area contributed by atoms with Crippen LogP contribution >= 0.6 is 11.6 Å². The third-order valence-electron chi connectivity index (χ3n) is 1.61. The highest BCUT2D eigenvalue weighted by molar-refractivity contribution is 6.19. The topological polar surface area (TPSA) is 55.1 Å². The second kappa shape index (κ2) is 7.37. The van der Waals surface area contributed by atoms with Gasteiger partial charge in [-0.15, -0.1) is 11.6 Å². The molecule has 72 valence electrons. The van der Waals surface area contributed by atoms with E-state index in [9.17, 15) is 4.79 Å². The molecule has 4 heteroatoms. The van der Waals surface area contributed by atoms with Gasteiger partial charge in [-0.25, -0.2) is 0 Å². The summed E-state index contributed by atoms with van der Waals surface area (Å²) in [7, 11) is 0. The van der Waals surface area contributed by atoms with Crippen LogP contribution in [0.25, 0.3) is 0 Å². The van der Waals surface area contributed by atoms with Crippen LogP contribution in [0.1, 0.15) is 19.8 Å². The van der Waals surface area contributed by atoms with Gasteiger partial charge in [-0.05, 0) is 19.4 Å². The fourth-order valence-electron chi connectivity index (χ4n) is 0.725. The summed E-state index contributed by atoms with van der Waals surface area (Å²) in [4.78, 5) is 11.1. The highest BCUT2D eigenvalue weighted by atomic mass is 35.5. The van der Waals surface area contributed by atoms with E-state index in [0.29, 0.717) is 19.0 Å². The zero-order chi connectivity index (χ0) is 9.40. The lowest BCUT2D eigenvalue weighted by Crippen LogP contribution is -2.30. The molecule has 3 N–H and O–H groups in total. The lowest BCUT2D eigenvalue weighted by molar-refractivity contribution is -0.123. The minimum Gasteiger partial charge on any atom is -0.356 e. The zero-order valence-corrected chi connectivity index (χ0v) is 8.23. The molecule has 0 aromatic heterocycles. The summed E-state index contributed by atoms with van der Waals surface area (Å²) in [5, 5.41) is 2.79. The van der Waals surface area contributed by atoms with Crippen molar-refractivity contribution in [3.8, 4) is 0 Å². The normalized spacial score (nSPS) is 12.6. The van der Waals surface area contributed by atoms with Gasteiger partial charge < -0.3 is 11.1 Å². The summed E-state index contributed by atoms with van der Waals surface area (Å²) in [6, 6.07) is 0. The molecule has 0 aliphatic heterocycles. The first kappa shape index (κ1) is 11.7. The number of hydrogen-bond donors (Lipinski definition) is 2. The van der Waals surface area contributed by atoms with E-state index in [0.717, 1.165) is 12.8 Å². The van der Waals surface area contributed by atoms with E-state index in [1.54, 1.807) is 0 Å². The van der Waals surface area contributed by atoms with Gasteiger partial charge in [-0.2, -0.15) is 0 Å². The minimum absolute atomic E-state index is 0.0296. The van der Waals surface area contributed by atoms with Crippen LogP contribution in [-0.2, 0) is 4.79 Å². The summed E-state index contributed by atoms with van der Waals surface area (Å²) in [6.45, 7) is 3.20. The first-order chi connectivity index (χ1) is 5.72. The van der Waals surface area contributed by atoms with Crippen LogP contribution in [0.4, 0.5) is 0 Å². The van der Waals surface area contributed by atoms with Crippen molar-refractivity contribution in [3.05, 3.63) is 0 Å². The number of carbonyl (C=O) groups is 1. The predicted octanol–water partition coefficient (Wildman–Crippen LogP) is 0.716. The Morgan fingerprint density at radius 3 is 2.75 bits per heavy atom. The van der Waals surface area contributed by atoms with Gasteiger partial charge in [0.1, 0.15) is 0 Å². The number of rotatable bonds is 6. The number of alkyl halides is 1. The van der Waals surface area contributed by atoms with Gasteiger partial charge in [-0.1, -0.05) is 6.92 Å². The molecule has 1 amide bonds. The maximum absolute atomic E-state index is 11.1. The Kier molecular flexibility index (Phi) is 7.20. The summed E-state index contributed by atoms with van der Waals surface area (Å²) in [5.74, 6) is 0.314. The Balaban J connectivity index is 3.31. The van der Waals surface area contributed by atoms with Gasteiger partial charge in [0.2, 0.25) is 5.91 Å². The number of unbranched alkanes of at least 4 members (excludes halogenated alkanes) is 1. The van der Waals surface area contributed by atoms with Crippen LogP contribution in [0.3, 0.4) is 0 Å². The van der Waals surface area contributed by atoms with Crippen LogP contribution in [0.2, 0.25) is 0 Å². The number of carbonyl (C=O) groups excluding carboxylic acids is 1. The molecule has 0 aliphatic rings. The minimum atomic E-state index is -0.0930. The van der Waals surface area contributed by atoms with Gasteiger partial charge in [0.05, 0.1) is 0 Å². The highest BCUT2D eigenvalue weighted by Gasteiger charge is 2.09. The van der Waals surface area contributed by atoms with Crippen molar-refractivity contribution in [2.45, 2.75) is 19.8 Å². The van der Waals surface area contributed by atoms with E-state index in [1.807, 2.05) is 6.92 Å². The smallest absolute Gasteiger partial charge is 0.224 e. The van der Waals surface area contributed by atoms with E-state index < -0.39 is 0 Å². The molecule has 0 bridgehead atoms. The van der Waals surface area contributed by atoms with Crippen LogP contribution < -0.4 is 11.1 Å². The maximum atomic E-state index is 11.1. The van der Waals surface area contributed by atoms with Gasteiger partial charge in [-0.3, -0.25) is 4.79 Å². The molecule has 1 unspecified atom stereocenters. The third kappa shape index (κ3) is 5.38. The summed E-state index contributed by atoms with van der Waals surface area (Å²) >= 11 is 5.51. The van der Waals surface area contributed by atoms with Crippen LogP contribution in [-0.4, -0.2) is 24.9 Å². The van der Waals surface area contributed by atoms with Crippen molar-refractivity contribution >= 4 is 17.5 Å². The quantitative estimate of drug-likeness (QED) is 0.481. The van der Waals surface area contributed by atoms with E-state index in [4.69, 9.17) is 17.3 Å². The maximum Gasteiger partial charge on any atom is 0.224 e. The first-order valence-corrected chi connectivity index (χ1v) is 4.79. The number of amides is 1. The molecule has 0 aliphatic carbocycles. The molecule has 0 aromatic carbocycles. The second-order valence-electron chi connectivity index (χ2n) is 2.84. The van der Waals surface area contributed by atoms with E-state index in [-0.39, 0.29) is 11.8 Å². The lowest BCUT2D eigenvalue weighted by atomic mass is 10.2. The average Bonchev–Trinajstić information content (AvgIpc) is 2.10. The van der Waals surface area contributed by atoms with Crippen LogP contribution in [0.15, 0.2) is 0 Å². The van der Waals surface area contributed by atoms with Gasteiger partial charge in [0.15, 0.2) is 0 Å². The number of hydrogen-bond acceptors (Lipinski definition) is 2. The molecule has 0 rings (SSSR count). The standard InChI is InChI=1S/C8H17ClN2O/c1-7(6-9)8(12)11-5-3-2-4-10/h7H,2-6,10H2,1H3,(H,11,12). The molecule has 0 radical (unpaired) electrons. The number of nitrogens with one attached hydrogen (secondary N) is 1. The van der Waals surface area contributed by atoms with Gasteiger partial charge in [0, 0.05) is 18.3 Å². The predicted molar refractivity (Wildman–Crippen MR) is 51.2 cm³/mol. The van der Waals surface area contributed by atoms with Gasteiger partial charge in [0.25, 0.3) is 0 Å². The van der Waals surface area contributed by atoms with Gasteiger partial charge >= 0.3 is 0 Å². The van der Waals surface area contributed by atoms with E-state index >= 15 is 0 Å². The largest absolute Gasteiger partial charge is 0.356 e. The molecule has 0 saturated carbocycles. The number of halogens is 1. The molecule has 1 atom stereocenters. The van der Waals surface area contributed by atoms with Crippen molar-refractivity contribution < 1.29 is 4.79 Å². The molecule has 12 heavy (non-hydrogen) atoms. The zero-order valence-electron chi connectivity index (χ0n) is 7.48. The average molecular weight is 193 g/mol. The highest BCUT2D eigenvalue weighted by Crippen LogP contribution is 1.97. The molecule has 0 fully saturated rings. The fourth-order valence-corrected chi connectivity index (χ4v) is 0.865. The van der Waals surface area contributed by atoms with E-state index in [1.165, 1.54) is 0 Å². The molecule has 0 spiro atoms. The Labute approximate surface area is 78.6 Å². The van der Waals surface area contributed by atoms with Crippen molar-refractivity contribution in [1.29, 1.82) is 0 Å². The van der Waals surface area contributed by atoms with Crippen LogP contribution in [0, 0.1) is 5.92 Å².